The van der Waals surface area contributed by atoms with Crippen LogP contribution >= 0.6 is 11.6 Å². The predicted octanol–water partition coefficient (Wildman–Crippen LogP) is 1.29. The third kappa shape index (κ3) is 3.38. The van der Waals surface area contributed by atoms with E-state index in [9.17, 15) is 0 Å². The fourth-order valence-corrected chi connectivity index (χ4v) is 2.08. The molecule has 0 spiro atoms. The van der Waals surface area contributed by atoms with Gasteiger partial charge < -0.3 is 17.2 Å². The van der Waals surface area contributed by atoms with Crippen LogP contribution in [0.25, 0.3) is 16.7 Å². The van der Waals surface area contributed by atoms with Crippen LogP contribution in [-0.4, -0.2) is 26.9 Å². The Morgan fingerprint density at radius 3 is 2.35 bits per heavy atom. The Morgan fingerprint density at radius 1 is 0.957 bits per heavy atom. The van der Waals surface area contributed by atoms with E-state index >= 15 is 0 Å². The normalized spacial score (nSPS) is 11.6. The van der Waals surface area contributed by atoms with Crippen LogP contribution in [0, 0.1) is 0 Å². The largest absolute Gasteiger partial charge is 0.370 e. The highest BCUT2D eigenvalue weighted by Crippen LogP contribution is 2.20. The molecule has 0 aliphatic rings. The molecular weight excluding hydrogens is 316 g/mol. The summed E-state index contributed by atoms with van der Waals surface area (Å²) in [6.07, 6.45) is 0. The topological polar surface area (TPSA) is 133 Å². The second-order valence-corrected chi connectivity index (χ2v) is 5.08. The Hall–Kier alpha value is -3.13. The molecular formula is C14H13ClN8. The van der Waals surface area contributed by atoms with Crippen LogP contribution in [0.5, 0.6) is 0 Å². The highest BCUT2D eigenvalue weighted by Gasteiger charge is 2.06. The molecule has 0 fully saturated rings. The van der Waals surface area contributed by atoms with Crippen molar-refractivity contribution >= 4 is 40.2 Å². The number of rotatable bonds is 2. The molecule has 6 N–H and O–H groups in total. The van der Waals surface area contributed by atoms with Gasteiger partial charge in [0.1, 0.15) is 11.0 Å². The molecule has 0 saturated heterocycles. The van der Waals surface area contributed by atoms with Crippen molar-refractivity contribution in [2.45, 2.75) is 0 Å². The molecule has 116 valence electrons. The third-order valence-corrected chi connectivity index (χ3v) is 3.16. The van der Waals surface area contributed by atoms with Gasteiger partial charge in [-0.2, -0.15) is 9.79 Å². The average Bonchev–Trinajstić information content (AvgIpc) is 2.90. The minimum atomic E-state index is -0.152. The number of hydrogen-bond donors (Lipinski definition) is 3. The van der Waals surface area contributed by atoms with Gasteiger partial charge in [0.25, 0.3) is 0 Å². The summed E-state index contributed by atoms with van der Waals surface area (Å²) in [6.45, 7) is 0. The maximum Gasteiger partial charge on any atom is 0.223 e. The van der Waals surface area contributed by atoms with E-state index in [0.717, 1.165) is 11.2 Å². The SMILES string of the molecule is NC(N)=NC(N)=Nc1ccc2nn(-c3ccc(Cl)cc3)nc2c1. The fourth-order valence-electron chi connectivity index (χ4n) is 1.95. The molecule has 0 bridgehead atoms. The minimum absolute atomic E-state index is 0.0329. The van der Waals surface area contributed by atoms with Gasteiger partial charge in [-0.15, -0.1) is 10.2 Å². The molecule has 0 amide bonds. The van der Waals surface area contributed by atoms with Crippen molar-refractivity contribution in [1.82, 2.24) is 15.0 Å². The zero-order chi connectivity index (χ0) is 16.4. The number of benzene rings is 2. The lowest BCUT2D eigenvalue weighted by Crippen LogP contribution is -2.26. The van der Waals surface area contributed by atoms with Crippen molar-refractivity contribution < 1.29 is 0 Å². The molecule has 0 unspecified atom stereocenters. The Balaban J connectivity index is 1.98. The van der Waals surface area contributed by atoms with E-state index < -0.39 is 0 Å². The van der Waals surface area contributed by atoms with E-state index in [1.807, 2.05) is 12.1 Å². The van der Waals surface area contributed by atoms with Crippen LogP contribution in [0.1, 0.15) is 0 Å². The first-order valence-electron chi connectivity index (χ1n) is 6.58. The van der Waals surface area contributed by atoms with E-state index in [-0.39, 0.29) is 11.9 Å². The van der Waals surface area contributed by atoms with E-state index in [1.165, 1.54) is 4.80 Å². The molecule has 0 aliphatic heterocycles. The minimum Gasteiger partial charge on any atom is -0.370 e. The fraction of sp³-hybridized carbons (Fsp3) is 0. The van der Waals surface area contributed by atoms with Crippen LogP contribution < -0.4 is 17.2 Å². The smallest absolute Gasteiger partial charge is 0.223 e. The molecule has 3 aromatic rings. The first kappa shape index (κ1) is 14.8. The van der Waals surface area contributed by atoms with E-state index in [4.69, 9.17) is 28.8 Å². The first-order valence-corrected chi connectivity index (χ1v) is 6.96. The van der Waals surface area contributed by atoms with Crippen molar-refractivity contribution in [1.29, 1.82) is 0 Å². The van der Waals surface area contributed by atoms with Crippen LogP contribution in [0.2, 0.25) is 5.02 Å². The van der Waals surface area contributed by atoms with Gasteiger partial charge in [-0.1, -0.05) is 11.6 Å². The average molecular weight is 329 g/mol. The summed E-state index contributed by atoms with van der Waals surface area (Å²) in [6, 6.07) is 12.5. The van der Waals surface area contributed by atoms with Crippen molar-refractivity contribution in [3.05, 3.63) is 47.5 Å². The maximum atomic E-state index is 5.88. The van der Waals surface area contributed by atoms with Crippen molar-refractivity contribution in [3.63, 3.8) is 0 Å². The predicted molar refractivity (Wildman–Crippen MR) is 91.0 cm³/mol. The van der Waals surface area contributed by atoms with Gasteiger partial charge in [-0.3, -0.25) is 0 Å². The second-order valence-electron chi connectivity index (χ2n) is 4.65. The molecule has 0 radical (unpaired) electrons. The molecule has 0 saturated carbocycles. The zero-order valence-corrected chi connectivity index (χ0v) is 12.6. The van der Waals surface area contributed by atoms with Crippen LogP contribution in [0.15, 0.2) is 52.4 Å². The number of aliphatic imine (C=N–C) groups is 2. The molecule has 2 aromatic carbocycles. The van der Waals surface area contributed by atoms with Gasteiger partial charge in [0, 0.05) is 5.02 Å². The number of fused-ring (bicyclic) bond motifs is 1. The Morgan fingerprint density at radius 2 is 1.65 bits per heavy atom. The number of aromatic nitrogens is 3. The quantitative estimate of drug-likeness (QED) is 0.481. The Kier molecular flexibility index (Phi) is 3.82. The third-order valence-electron chi connectivity index (χ3n) is 2.91. The van der Waals surface area contributed by atoms with Crippen molar-refractivity contribution in [2.24, 2.45) is 27.2 Å². The number of hydrogen-bond acceptors (Lipinski definition) is 3. The van der Waals surface area contributed by atoms with Gasteiger partial charge >= 0.3 is 0 Å². The number of halogens is 1. The standard InChI is InChI=1S/C14H13ClN8/c15-8-1-4-10(5-2-8)23-21-11-6-3-9(7-12(11)22-23)19-14(18)20-13(16)17/h1-7H,(H6,16,17,18,19,20). The van der Waals surface area contributed by atoms with E-state index in [0.29, 0.717) is 16.2 Å². The van der Waals surface area contributed by atoms with Gasteiger partial charge in [-0.05, 0) is 42.5 Å². The van der Waals surface area contributed by atoms with Gasteiger partial charge in [0.2, 0.25) is 5.96 Å². The number of guanidine groups is 2. The molecule has 23 heavy (non-hydrogen) atoms. The molecule has 1 heterocycles. The monoisotopic (exact) mass is 328 g/mol. The first-order chi connectivity index (χ1) is 11.0. The Bertz CT molecular complexity index is 906. The number of nitrogens with zero attached hydrogens (tertiary/aromatic N) is 5. The highest BCUT2D eigenvalue weighted by atomic mass is 35.5. The zero-order valence-electron chi connectivity index (χ0n) is 11.9. The second kappa shape index (κ2) is 5.93. The Labute approximate surface area is 136 Å². The van der Waals surface area contributed by atoms with Crippen LogP contribution in [0.4, 0.5) is 5.69 Å². The lowest BCUT2D eigenvalue weighted by Gasteiger charge is -1.97. The van der Waals surface area contributed by atoms with Crippen molar-refractivity contribution in [3.8, 4) is 5.69 Å². The summed E-state index contributed by atoms with van der Waals surface area (Å²) in [5, 5.41) is 9.46. The lowest BCUT2D eigenvalue weighted by molar-refractivity contribution is 0.766. The summed E-state index contributed by atoms with van der Waals surface area (Å²) in [7, 11) is 0. The molecule has 9 heteroatoms. The van der Waals surface area contributed by atoms with E-state index in [1.54, 1.807) is 30.3 Å². The lowest BCUT2D eigenvalue weighted by atomic mass is 10.3. The summed E-state index contributed by atoms with van der Waals surface area (Å²) in [5.41, 5.74) is 18.9. The van der Waals surface area contributed by atoms with Gasteiger partial charge in [0.15, 0.2) is 5.96 Å². The summed E-state index contributed by atoms with van der Waals surface area (Å²) < 4.78 is 0. The van der Waals surface area contributed by atoms with E-state index in [2.05, 4.69) is 20.2 Å². The summed E-state index contributed by atoms with van der Waals surface area (Å²) >= 11 is 5.88. The summed E-state index contributed by atoms with van der Waals surface area (Å²) in [5.74, 6) is -0.185. The van der Waals surface area contributed by atoms with Crippen LogP contribution in [-0.2, 0) is 0 Å². The maximum absolute atomic E-state index is 5.88. The molecule has 0 atom stereocenters. The van der Waals surface area contributed by atoms with Gasteiger partial charge in [-0.25, -0.2) is 4.99 Å². The number of nitrogens with two attached hydrogens (primary N) is 3. The molecule has 8 nitrogen and oxygen atoms in total. The van der Waals surface area contributed by atoms with Crippen molar-refractivity contribution in [2.75, 3.05) is 0 Å². The molecule has 0 aliphatic carbocycles. The molecule has 3 rings (SSSR count). The highest BCUT2D eigenvalue weighted by molar-refractivity contribution is 6.30. The molecule has 1 aromatic heterocycles. The van der Waals surface area contributed by atoms with Gasteiger partial charge in [0.05, 0.1) is 11.4 Å². The summed E-state index contributed by atoms with van der Waals surface area (Å²) in [4.78, 5) is 9.28. The van der Waals surface area contributed by atoms with Crippen LogP contribution in [0.3, 0.4) is 0 Å².